The Kier molecular flexibility index (Phi) is 4.35. The van der Waals surface area contributed by atoms with Gasteiger partial charge in [-0.25, -0.2) is 0 Å². The monoisotopic (exact) mass is 409 g/mol. The second-order valence-corrected chi connectivity index (χ2v) is 7.31. The minimum absolute atomic E-state index is 0.103. The topological polar surface area (TPSA) is 46.9 Å². The highest BCUT2D eigenvalue weighted by molar-refractivity contribution is 14.1. The first-order valence-corrected chi connectivity index (χ1v) is 8.28. The molecule has 3 rings (SSSR count). The van der Waals surface area contributed by atoms with E-state index in [4.69, 9.17) is 0 Å². The number of anilines is 1. The first-order valence-electron chi connectivity index (χ1n) is 6.32. The molecule has 3 aromatic rings. The minimum Gasteiger partial charge on any atom is -0.319 e. The molecule has 106 valence electrons. The summed E-state index contributed by atoms with van der Waals surface area (Å²) in [7, 11) is 0. The molecule has 0 aliphatic heterocycles. The molecule has 0 saturated heterocycles. The van der Waals surface area contributed by atoms with Gasteiger partial charge in [0.1, 0.15) is 0 Å². The Morgan fingerprint density at radius 3 is 2.86 bits per heavy atom. The predicted molar refractivity (Wildman–Crippen MR) is 92.8 cm³/mol. The van der Waals surface area contributed by atoms with Crippen LogP contribution in [0.4, 0.5) is 5.69 Å². The summed E-state index contributed by atoms with van der Waals surface area (Å²) in [6.45, 7) is 0.688. The zero-order chi connectivity index (χ0) is 14.7. The van der Waals surface area contributed by atoms with Crippen LogP contribution in [-0.4, -0.2) is 15.7 Å². The van der Waals surface area contributed by atoms with Crippen LogP contribution in [0.3, 0.4) is 0 Å². The van der Waals surface area contributed by atoms with E-state index in [1.807, 2.05) is 52.7 Å². The first-order chi connectivity index (χ1) is 10.2. The molecule has 0 aliphatic carbocycles. The molecular weight excluding hydrogens is 397 g/mol. The van der Waals surface area contributed by atoms with Crippen molar-refractivity contribution in [3.05, 3.63) is 68.2 Å². The number of halogens is 1. The van der Waals surface area contributed by atoms with Crippen molar-refractivity contribution in [3.63, 3.8) is 0 Å². The summed E-state index contributed by atoms with van der Waals surface area (Å²) in [6, 6.07) is 12.0. The number of rotatable bonds is 4. The van der Waals surface area contributed by atoms with Crippen molar-refractivity contribution in [1.29, 1.82) is 0 Å². The lowest BCUT2D eigenvalue weighted by atomic mass is 10.2. The van der Waals surface area contributed by atoms with Crippen LogP contribution in [0.5, 0.6) is 0 Å². The second-order valence-electron chi connectivity index (χ2n) is 4.51. The molecule has 0 atom stereocenters. The van der Waals surface area contributed by atoms with E-state index in [2.05, 4.69) is 33.0 Å². The predicted octanol–water partition coefficient (Wildman–Crippen LogP) is 3.85. The number of nitrogens with one attached hydrogen (secondary N) is 1. The zero-order valence-corrected chi connectivity index (χ0v) is 14.0. The molecule has 1 amide bonds. The second kappa shape index (κ2) is 6.40. The van der Waals surface area contributed by atoms with E-state index in [-0.39, 0.29) is 5.91 Å². The molecule has 0 saturated carbocycles. The Bertz CT molecular complexity index is 751. The largest absolute Gasteiger partial charge is 0.319 e. The third kappa shape index (κ3) is 3.70. The van der Waals surface area contributed by atoms with Crippen molar-refractivity contribution >= 4 is 45.5 Å². The van der Waals surface area contributed by atoms with Crippen LogP contribution < -0.4 is 5.32 Å². The van der Waals surface area contributed by atoms with Crippen LogP contribution in [0.25, 0.3) is 0 Å². The molecule has 1 N–H and O–H groups in total. The fraction of sp³-hybridized carbons (Fsp3) is 0.0667. The van der Waals surface area contributed by atoms with Gasteiger partial charge in [-0.1, -0.05) is 30.3 Å². The molecule has 0 spiro atoms. The van der Waals surface area contributed by atoms with Gasteiger partial charge in [-0.15, -0.1) is 11.3 Å². The average Bonchev–Trinajstić information content (AvgIpc) is 3.09. The number of amides is 1. The van der Waals surface area contributed by atoms with Gasteiger partial charge in [-0.3, -0.25) is 9.48 Å². The van der Waals surface area contributed by atoms with Crippen LogP contribution in [0.2, 0.25) is 0 Å². The van der Waals surface area contributed by atoms with Crippen molar-refractivity contribution < 1.29 is 4.79 Å². The number of aromatic nitrogens is 2. The van der Waals surface area contributed by atoms with Crippen LogP contribution in [0.1, 0.15) is 15.9 Å². The molecule has 21 heavy (non-hydrogen) atoms. The Balaban J connectivity index is 1.66. The zero-order valence-electron chi connectivity index (χ0n) is 11.0. The Morgan fingerprint density at radius 1 is 1.33 bits per heavy atom. The molecule has 2 heterocycles. The van der Waals surface area contributed by atoms with E-state index in [9.17, 15) is 4.79 Å². The van der Waals surface area contributed by atoms with Gasteiger partial charge < -0.3 is 5.32 Å². The number of hydrogen-bond acceptors (Lipinski definition) is 3. The molecule has 1 aromatic carbocycles. The maximum absolute atomic E-state index is 12.1. The van der Waals surface area contributed by atoms with E-state index in [0.717, 1.165) is 2.88 Å². The number of carbonyl (C=O) groups is 1. The maximum Gasteiger partial charge on any atom is 0.256 e. The summed E-state index contributed by atoms with van der Waals surface area (Å²) in [5.41, 5.74) is 2.56. The molecule has 0 aliphatic rings. The summed E-state index contributed by atoms with van der Waals surface area (Å²) in [5.74, 6) is -0.103. The molecule has 4 nitrogen and oxygen atoms in total. The number of benzene rings is 1. The Hall–Kier alpha value is -1.67. The van der Waals surface area contributed by atoms with Gasteiger partial charge in [0, 0.05) is 11.6 Å². The van der Waals surface area contributed by atoms with Gasteiger partial charge in [0.15, 0.2) is 0 Å². The lowest BCUT2D eigenvalue weighted by Gasteiger charge is -2.01. The molecular formula is C15H12IN3OS. The fourth-order valence-corrected chi connectivity index (χ4v) is 3.24. The SMILES string of the molecule is O=C(Nc1cnn(Cc2ccccc2)c1)c1csc(I)c1. The maximum atomic E-state index is 12.1. The van der Waals surface area contributed by atoms with E-state index in [0.29, 0.717) is 17.8 Å². The van der Waals surface area contributed by atoms with Crippen molar-refractivity contribution in [2.45, 2.75) is 6.54 Å². The number of thiophene rings is 1. The van der Waals surface area contributed by atoms with E-state index < -0.39 is 0 Å². The van der Waals surface area contributed by atoms with Gasteiger partial charge in [-0.2, -0.15) is 5.10 Å². The summed E-state index contributed by atoms with van der Waals surface area (Å²) in [6.07, 6.45) is 3.50. The lowest BCUT2D eigenvalue weighted by Crippen LogP contribution is -2.10. The molecule has 0 bridgehead atoms. The molecule has 0 radical (unpaired) electrons. The number of nitrogens with zero attached hydrogens (tertiary/aromatic N) is 2. The third-order valence-corrected chi connectivity index (χ3v) is 4.70. The number of carbonyl (C=O) groups excluding carboxylic acids is 1. The van der Waals surface area contributed by atoms with Gasteiger partial charge in [0.2, 0.25) is 0 Å². The van der Waals surface area contributed by atoms with Gasteiger partial charge in [0.25, 0.3) is 5.91 Å². The van der Waals surface area contributed by atoms with Crippen molar-refractivity contribution in [2.75, 3.05) is 5.32 Å². The van der Waals surface area contributed by atoms with E-state index in [1.54, 1.807) is 17.5 Å². The fourth-order valence-electron chi connectivity index (χ4n) is 1.92. The highest BCUT2D eigenvalue weighted by atomic mass is 127. The highest BCUT2D eigenvalue weighted by Crippen LogP contribution is 2.18. The van der Waals surface area contributed by atoms with Crippen molar-refractivity contribution in [3.8, 4) is 0 Å². The summed E-state index contributed by atoms with van der Waals surface area (Å²) in [5, 5.41) is 8.98. The molecule has 2 aromatic heterocycles. The van der Waals surface area contributed by atoms with Crippen molar-refractivity contribution in [2.24, 2.45) is 0 Å². The lowest BCUT2D eigenvalue weighted by molar-refractivity contribution is 0.102. The summed E-state index contributed by atoms with van der Waals surface area (Å²) >= 11 is 3.76. The van der Waals surface area contributed by atoms with E-state index >= 15 is 0 Å². The standard InChI is InChI=1S/C15H12IN3OS/c16-14-6-12(10-21-14)15(20)18-13-7-17-19(9-13)8-11-4-2-1-3-5-11/h1-7,9-10H,8H2,(H,18,20). The normalized spacial score (nSPS) is 10.5. The summed E-state index contributed by atoms with van der Waals surface area (Å²) < 4.78 is 2.90. The van der Waals surface area contributed by atoms with Gasteiger partial charge in [0.05, 0.1) is 26.9 Å². The van der Waals surface area contributed by atoms with E-state index in [1.165, 1.54) is 5.56 Å². The Morgan fingerprint density at radius 2 is 2.14 bits per heavy atom. The first kappa shape index (κ1) is 14.3. The molecule has 0 unspecified atom stereocenters. The number of hydrogen-bond donors (Lipinski definition) is 1. The van der Waals surface area contributed by atoms with Gasteiger partial charge in [-0.05, 0) is 34.2 Å². The minimum atomic E-state index is -0.103. The Labute approximate surface area is 139 Å². The van der Waals surface area contributed by atoms with Crippen LogP contribution in [0, 0.1) is 2.88 Å². The van der Waals surface area contributed by atoms with Crippen LogP contribution >= 0.6 is 33.9 Å². The van der Waals surface area contributed by atoms with Crippen LogP contribution in [0.15, 0.2) is 54.2 Å². The van der Waals surface area contributed by atoms with Gasteiger partial charge >= 0.3 is 0 Å². The van der Waals surface area contributed by atoms with Crippen LogP contribution in [-0.2, 0) is 6.54 Å². The smallest absolute Gasteiger partial charge is 0.256 e. The molecule has 0 fully saturated rings. The quantitative estimate of drug-likeness (QED) is 0.666. The summed E-state index contributed by atoms with van der Waals surface area (Å²) in [4.78, 5) is 12.1. The van der Waals surface area contributed by atoms with Crippen molar-refractivity contribution in [1.82, 2.24) is 9.78 Å². The highest BCUT2D eigenvalue weighted by Gasteiger charge is 2.09. The third-order valence-electron chi connectivity index (χ3n) is 2.91. The average molecular weight is 409 g/mol. The molecule has 6 heteroatoms.